The summed E-state index contributed by atoms with van der Waals surface area (Å²) in [6.45, 7) is 4.66. The van der Waals surface area contributed by atoms with Crippen molar-refractivity contribution in [1.29, 1.82) is 0 Å². The van der Waals surface area contributed by atoms with Crippen LogP contribution in [0.3, 0.4) is 0 Å². The number of carbonyl (C=O) groups is 1. The summed E-state index contributed by atoms with van der Waals surface area (Å²) in [6.07, 6.45) is 0. The van der Waals surface area contributed by atoms with Crippen LogP contribution in [0.25, 0.3) is 0 Å². The third kappa shape index (κ3) is 3.45. The Morgan fingerprint density at radius 1 is 1.10 bits per heavy atom. The highest BCUT2D eigenvalue weighted by Crippen LogP contribution is 2.15. The maximum Gasteiger partial charge on any atom is 0.325 e. The molecule has 3 nitrogen and oxygen atoms in total. The number of rotatable bonds is 5. The minimum atomic E-state index is -0.861. The molecule has 2 aromatic carbocycles. The van der Waals surface area contributed by atoms with Gasteiger partial charge in [0, 0.05) is 6.54 Å². The fraction of sp³-hybridized carbons (Fsp3) is 0.235. The average molecular weight is 269 g/mol. The van der Waals surface area contributed by atoms with Gasteiger partial charge in [-0.3, -0.25) is 10.1 Å². The second kappa shape index (κ2) is 6.35. The van der Waals surface area contributed by atoms with Crippen LogP contribution < -0.4 is 5.32 Å². The predicted molar refractivity (Wildman–Crippen MR) is 79.6 cm³/mol. The number of aliphatic carboxylic acids is 1. The largest absolute Gasteiger partial charge is 0.480 e. The van der Waals surface area contributed by atoms with Crippen LogP contribution in [0.1, 0.15) is 28.3 Å². The van der Waals surface area contributed by atoms with Gasteiger partial charge in [-0.15, -0.1) is 0 Å². The Kier molecular flexibility index (Phi) is 4.53. The van der Waals surface area contributed by atoms with E-state index in [9.17, 15) is 9.90 Å². The van der Waals surface area contributed by atoms with E-state index in [1.807, 2.05) is 36.4 Å². The highest BCUT2D eigenvalue weighted by Gasteiger charge is 2.18. The second-order valence-electron chi connectivity index (χ2n) is 4.98. The lowest BCUT2D eigenvalue weighted by Gasteiger charge is -2.15. The molecule has 0 aliphatic heterocycles. The molecule has 1 unspecified atom stereocenters. The Morgan fingerprint density at radius 2 is 1.80 bits per heavy atom. The Labute approximate surface area is 119 Å². The first-order chi connectivity index (χ1) is 9.58. The van der Waals surface area contributed by atoms with Gasteiger partial charge in [-0.1, -0.05) is 48.5 Å². The SMILES string of the molecule is Cc1ccc(CNC(C(=O)O)c2ccccc2)cc1C. The first kappa shape index (κ1) is 14.3. The van der Waals surface area contributed by atoms with Crippen LogP contribution in [0.15, 0.2) is 48.5 Å². The Bertz CT molecular complexity index is 593. The van der Waals surface area contributed by atoms with Crippen molar-refractivity contribution in [2.24, 2.45) is 0 Å². The molecule has 0 saturated heterocycles. The zero-order valence-corrected chi connectivity index (χ0v) is 11.8. The van der Waals surface area contributed by atoms with Crippen LogP contribution in [0.2, 0.25) is 0 Å². The van der Waals surface area contributed by atoms with Gasteiger partial charge >= 0.3 is 5.97 Å². The van der Waals surface area contributed by atoms with E-state index in [0.29, 0.717) is 6.54 Å². The topological polar surface area (TPSA) is 49.3 Å². The molecule has 0 heterocycles. The third-order valence-corrected chi connectivity index (χ3v) is 3.46. The number of carboxylic acids is 1. The van der Waals surface area contributed by atoms with Crippen LogP contribution in [-0.2, 0) is 11.3 Å². The van der Waals surface area contributed by atoms with Crippen LogP contribution >= 0.6 is 0 Å². The van der Waals surface area contributed by atoms with Crippen LogP contribution in [0, 0.1) is 13.8 Å². The number of aryl methyl sites for hydroxylation is 2. The zero-order chi connectivity index (χ0) is 14.5. The van der Waals surface area contributed by atoms with E-state index in [4.69, 9.17) is 0 Å². The number of hydrogen-bond donors (Lipinski definition) is 2. The van der Waals surface area contributed by atoms with Gasteiger partial charge in [0.2, 0.25) is 0 Å². The van der Waals surface area contributed by atoms with Crippen molar-refractivity contribution >= 4 is 5.97 Å². The molecule has 20 heavy (non-hydrogen) atoms. The zero-order valence-electron chi connectivity index (χ0n) is 11.8. The Balaban J connectivity index is 2.10. The van der Waals surface area contributed by atoms with Crippen molar-refractivity contribution in [3.63, 3.8) is 0 Å². The molecule has 2 rings (SSSR count). The van der Waals surface area contributed by atoms with Crippen LogP contribution in [0.4, 0.5) is 0 Å². The van der Waals surface area contributed by atoms with E-state index in [2.05, 4.69) is 31.3 Å². The minimum absolute atomic E-state index is 0.535. The van der Waals surface area contributed by atoms with E-state index in [0.717, 1.165) is 11.1 Å². The molecule has 3 heteroatoms. The highest BCUT2D eigenvalue weighted by atomic mass is 16.4. The molecule has 0 aromatic heterocycles. The van der Waals surface area contributed by atoms with Gasteiger partial charge in [0.05, 0.1) is 0 Å². The number of hydrogen-bond acceptors (Lipinski definition) is 2. The summed E-state index contributed by atoms with van der Waals surface area (Å²) in [6, 6.07) is 14.7. The van der Waals surface area contributed by atoms with E-state index >= 15 is 0 Å². The number of carboxylic acid groups (broad SMARTS) is 1. The summed E-state index contributed by atoms with van der Waals surface area (Å²) in [4.78, 5) is 11.4. The Hall–Kier alpha value is -2.13. The summed E-state index contributed by atoms with van der Waals surface area (Å²) in [5.74, 6) is -0.861. The molecule has 1 atom stereocenters. The normalized spacial score (nSPS) is 12.1. The molecular weight excluding hydrogens is 250 g/mol. The van der Waals surface area contributed by atoms with Crippen molar-refractivity contribution < 1.29 is 9.90 Å². The smallest absolute Gasteiger partial charge is 0.325 e. The van der Waals surface area contributed by atoms with Crippen molar-refractivity contribution in [3.8, 4) is 0 Å². The summed E-state index contributed by atoms with van der Waals surface area (Å²) < 4.78 is 0. The van der Waals surface area contributed by atoms with E-state index in [-0.39, 0.29) is 0 Å². The van der Waals surface area contributed by atoms with Crippen molar-refractivity contribution in [2.75, 3.05) is 0 Å². The fourth-order valence-electron chi connectivity index (χ4n) is 2.13. The van der Waals surface area contributed by atoms with E-state index in [1.54, 1.807) is 0 Å². The number of nitrogens with one attached hydrogen (secondary N) is 1. The average Bonchev–Trinajstić information content (AvgIpc) is 2.44. The summed E-state index contributed by atoms with van der Waals surface area (Å²) in [5.41, 5.74) is 4.32. The monoisotopic (exact) mass is 269 g/mol. The molecule has 0 bridgehead atoms. The van der Waals surface area contributed by atoms with Gasteiger partial charge in [-0.05, 0) is 36.1 Å². The predicted octanol–water partition coefficient (Wildman–Crippen LogP) is 3.22. The minimum Gasteiger partial charge on any atom is -0.480 e. The van der Waals surface area contributed by atoms with Gasteiger partial charge in [0.25, 0.3) is 0 Å². The first-order valence-corrected chi connectivity index (χ1v) is 6.65. The van der Waals surface area contributed by atoms with Crippen molar-refractivity contribution in [1.82, 2.24) is 5.32 Å². The molecule has 2 N–H and O–H groups in total. The maximum absolute atomic E-state index is 11.4. The standard InChI is InChI=1S/C17H19NO2/c1-12-8-9-14(10-13(12)2)11-18-16(17(19)20)15-6-4-3-5-7-15/h3-10,16,18H,11H2,1-2H3,(H,19,20). The molecule has 0 radical (unpaired) electrons. The van der Waals surface area contributed by atoms with Gasteiger partial charge in [0.1, 0.15) is 6.04 Å². The van der Waals surface area contributed by atoms with Crippen LogP contribution in [-0.4, -0.2) is 11.1 Å². The van der Waals surface area contributed by atoms with E-state index in [1.165, 1.54) is 11.1 Å². The summed E-state index contributed by atoms with van der Waals surface area (Å²) >= 11 is 0. The fourth-order valence-corrected chi connectivity index (χ4v) is 2.13. The summed E-state index contributed by atoms with van der Waals surface area (Å²) in [7, 11) is 0. The second-order valence-corrected chi connectivity index (χ2v) is 4.98. The molecule has 0 saturated carbocycles. The van der Waals surface area contributed by atoms with Crippen LogP contribution in [0.5, 0.6) is 0 Å². The maximum atomic E-state index is 11.4. The highest BCUT2D eigenvalue weighted by molar-refractivity contribution is 5.75. The van der Waals surface area contributed by atoms with E-state index < -0.39 is 12.0 Å². The van der Waals surface area contributed by atoms with Crippen molar-refractivity contribution in [2.45, 2.75) is 26.4 Å². The van der Waals surface area contributed by atoms with Gasteiger partial charge in [-0.25, -0.2) is 0 Å². The molecule has 0 aliphatic carbocycles. The van der Waals surface area contributed by atoms with Crippen molar-refractivity contribution in [3.05, 3.63) is 70.8 Å². The third-order valence-electron chi connectivity index (χ3n) is 3.46. The Morgan fingerprint density at radius 3 is 2.40 bits per heavy atom. The molecule has 0 fully saturated rings. The lowest BCUT2D eigenvalue weighted by molar-refractivity contribution is -0.139. The quantitative estimate of drug-likeness (QED) is 0.876. The molecule has 104 valence electrons. The molecule has 0 aliphatic rings. The van der Waals surface area contributed by atoms with Gasteiger partial charge < -0.3 is 5.11 Å². The lowest BCUT2D eigenvalue weighted by Crippen LogP contribution is -2.28. The molecular formula is C17H19NO2. The van der Waals surface area contributed by atoms with Gasteiger partial charge in [-0.2, -0.15) is 0 Å². The summed E-state index contributed by atoms with van der Waals surface area (Å²) in [5, 5.41) is 12.4. The van der Waals surface area contributed by atoms with Gasteiger partial charge in [0.15, 0.2) is 0 Å². The first-order valence-electron chi connectivity index (χ1n) is 6.65. The molecule has 0 spiro atoms. The lowest BCUT2D eigenvalue weighted by atomic mass is 10.0. The molecule has 0 amide bonds. The number of benzene rings is 2. The molecule has 2 aromatic rings.